The molecular formula is C23H32N2O2S. The second kappa shape index (κ2) is 8.58. The lowest BCUT2D eigenvalue weighted by molar-refractivity contribution is -0.135. The van der Waals surface area contributed by atoms with Crippen molar-refractivity contribution in [2.24, 2.45) is 0 Å². The van der Waals surface area contributed by atoms with Gasteiger partial charge in [0.15, 0.2) is 5.78 Å². The number of likely N-dealkylation sites (tertiary alicyclic amines) is 1. The largest absolute Gasteiger partial charge is 0.336 e. The summed E-state index contributed by atoms with van der Waals surface area (Å²) >= 11 is 1.96. The van der Waals surface area contributed by atoms with Gasteiger partial charge in [0.05, 0.1) is 12.0 Å². The van der Waals surface area contributed by atoms with Gasteiger partial charge in [-0.3, -0.25) is 9.59 Å². The summed E-state index contributed by atoms with van der Waals surface area (Å²) in [5.41, 5.74) is 2.95. The molecule has 2 aliphatic heterocycles. The van der Waals surface area contributed by atoms with Crippen molar-refractivity contribution >= 4 is 23.5 Å². The van der Waals surface area contributed by atoms with Gasteiger partial charge in [0, 0.05) is 36.6 Å². The molecule has 2 saturated heterocycles. The molecule has 3 aliphatic rings. The zero-order valence-corrected chi connectivity index (χ0v) is 18.0. The predicted octanol–water partition coefficient (Wildman–Crippen LogP) is 3.91. The van der Waals surface area contributed by atoms with Gasteiger partial charge in [0.25, 0.3) is 0 Å². The SMILES string of the molecule is CC(C)c1ccc2c(c1)C(C(=O)N1CCSCC1CN1CCCCC1)CC2=O. The first-order valence-electron chi connectivity index (χ1n) is 10.8. The molecular weight excluding hydrogens is 368 g/mol. The minimum Gasteiger partial charge on any atom is -0.336 e. The summed E-state index contributed by atoms with van der Waals surface area (Å²) < 4.78 is 0. The van der Waals surface area contributed by atoms with E-state index in [1.165, 1.54) is 24.8 Å². The lowest BCUT2D eigenvalue weighted by Crippen LogP contribution is -2.53. The average Bonchev–Trinajstić information content (AvgIpc) is 3.05. The Morgan fingerprint density at radius 2 is 1.96 bits per heavy atom. The smallest absolute Gasteiger partial charge is 0.230 e. The highest BCUT2D eigenvalue weighted by molar-refractivity contribution is 7.99. The molecule has 2 heterocycles. The Labute approximate surface area is 173 Å². The third-order valence-electron chi connectivity index (χ3n) is 6.53. The first-order chi connectivity index (χ1) is 13.5. The standard InChI is InChI=1S/C23H32N2O2S/c1-16(2)17-6-7-19-20(12-17)21(13-22(19)26)23(27)25-10-11-28-15-18(25)14-24-8-4-3-5-9-24/h6-7,12,16,18,21H,3-5,8-11,13-15H2,1-2H3. The van der Waals surface area contributed by atoms with Gasteiger partial charge in [-0.15, -0.1) is 0 Å². The van der Waals surface area contributed by atoms with Crippen LogP contribution in [0.1, 0.15) is 72.9 Å². The van der Waals surface area contributed by atoms with Crippen molar-refractivity contribution in [2.75, 3.05) is 37.7 Å². The van der Waals surface area contributed by atoms with Gasteiger partial charge < -0.3 is 9.80 Å². The lowest BCUT2D eigenvalue weighted by Gasteiger charge is -2.40. The van der Waals surface area contributed by atoms with E-state index in [0.29, 0.717) is 12.3 Å². The van der Waals surface area contributed by atoms with Gasteiger partial charge in [0.1, 0.15) is 0 Å². The molecule has 4 nitrogen and oxygen atoms in total. The molecule has 2 atom stereocenters. The quantitative estimate of drug-likeness (QED) is 0.768. The van der Waals surface area contributed by atoms with Crippen LogP contribution in [-0.4, -0.2) is 65.2 Å². The van der Waals surface area contributed by atoms with E-state index >= 15 is 0 Å². The van der Waals surface area contributed by atoms with E-state index in [9.17, 15) is 9.59 Å². The maximum absolute atomic E-state index is 13.6. The van der Waals surface area contributed by atoms with Gasteiger partial charge in [-0.25, -0.2) is 0 Å². The van der Waals surface area contributed by atoms with E-state index in [4.69, 9.17) is 0 Å². The van der Waals surface area contributed by atoms with Crippen molar-refractivity contribution in [1.29, 1.82) is 0 Å². The van der Waals surface area contributed by atoms with E-state index in [0.717, 1.165) is 48.8 Å². The summed E-state index contributed by atoms with van der Waals surface area (Å²) in [6, 6.07) is 6.38. The molecule has 1 amide bonds. The van der Waals surface area contributed by atoms with Crippen LogP contribution in [0.5, 0.6) is 0 Å². The third kappa shape index (κ3) is 4.02. The fourth-order valence-electron chi connectivity index (χ4n) is 4.84. The van der Waals surface area contributed by atoms with Crippen LogP contribution in [0.15, 0.2) is 18.2 Å². The van der Waals surface area contributed by atoms with E-state index < -0.39 is 0 Å². The minimum absolute atomic E-state index is 0.127. The summed E-state index contributed by atoms with van der Waals surface area (Å²) in [6.07, 6.45) is 4.22. The fourth-order valence-corrected chi connectivity index (χ4v) is 5.89. The lowest BCUT2D eigenvalue weighted by atomic mass is 9.93. The molecule has 0 saturated carbocycles. The zero-order valence-electron chi connectivity index (χ0n) is 17.2. The molecule has 2 fully saturated rings. The van der Waals surface area contributed by atoms with Crippen molar-refractivity contribution in [2.45, 2.75) is 57.4 Å². The number of thioether (sulfide) groups is 1. The molecule has 0 bridgehead atoms. The van der Waals surface area contributed by atoms with Gasteiger partial charge in [0.2, 0.25) is 5.91 Å². The number of benzene rings is 1. The van der Waals surface area contributed by atoms with Crippen LogP contribution < -0.4 is 0 Å². The Kier molecular flexibility index (Phi) is 6.12. The van der Waals surface area contributed by atoms with Crippen LogP contribution in [0.4, 0.5) is 0 Å². The molecule has 1 aliphatic carbocycles. The van der Waals surface area contributed by atoms with Crippen molar-refractivity contribution in [3.05, 3.63) is 34.9 Å². The van der Waals surface area contributed by atoms with Gasteiger partial charge in [-0.2, -0.15) is 11.8 Å². The Hall–Kier alpha value is -1.33. The summed E-state index contributed by atoms with van der Waals surface area (Å²) in [5, 5.41) is 0. The molecule has 0 radical (unpaired) electrons. The van der Waals surface area contributed by atoms with Crippen LogP contribution in [0.2, 0.25) is 0 Å². The number of ketones is 1. The average molecular weight is 401 g/mol. The summed E-state index contributed by atoms with van der Waals surface area (Å²) in [6.45, 7) is 8.43. The highest BCUT2D eigenvalue weighted by atomic mass is 32.2. The molecule has 0 N–H and O–H groups in total. The number of Topliss-reactive ketones (excluding diaryl/α,β-unsaturated/α-hetero) is 1. The Bertz CT molecular complexity index is 742. The van der Waals surface area contributed by atoms with Gasteiger partial charge >= 0.3 is 0 Å². The maximum Gasteiger partial charge on any atom is 0.230 e. The molecule has 0 spiro atoms. The number of hydrogen-bond acceptors (Lipinski definition) is 4. The summed E-state index contributed by atoms with van der Waals surface area (Å²) in [4.78, 5) is 30.8. The first kappa shape index (κ1) is 20.0. The van der Waals surface area contributed by atoms with Crippen LogP contribution in [0, 0.1) is 0 Å². The Morgan fingerprint density at radius 3 is 2.71 bits per heavy atom. The second-order valence-corrected chi connectivity index (χ2v) is 9.95. The Morgan fingerprint density at radius 1 is 1.18 bits per heavy atom. The number of fused-ring (bicyclic) bond motifs is 1. The fraction of sp³-hybridized carbons (Fsp3) is 0.652. The number of piperidine rings is 1. The predicted molar refractivity (Wildman–Crippen MR) is 115 cm³/mol. The third-order valence-corrected chi connectivity index (χ3v) is 7.63. The number of nitrogens with zero attached hydrogens (tertiary/aromatic N) is 2. The van der Waals surface area contributed by atoms with E-state index in [1.54, 1.807) is 0 Å². The topological polar surface area (TPSA) is 40.6 Å². The highest BCUT2D eigenvalue weighted by Crippen LogP contribution is 2.37. The number of carbonyl (C=O) groups is 2. The van der Waals surface area contributed by atoms with Crippen molar-refractivity contribution in [3.63, 3.8) is 0 Å². The minimum atomic E-state index is -0.284. The molecule has 0 aromatic heterocycles. The molecule has 2 unspecified atom stereocenters. The summed E-state index contributed by atoms with van der Waals surface area (Å²) in [5.74, 6) is 2.44. The highest BCUT2D eigenvalue weighted by Gasteiger charge is 2.39. The zero-order chi connectivity index (χ0) is 19.7. The van der Waals surface area contributed by atoms with E-state index in [2.05, 4.69) is 29.7 Å². The number of rotatable bonds is 4. The van der Waals surface area contributed by atoms with Gasteiger partial charge in [-0.1, -0.05) is 38.5 Å². The molecule has 1 aromatic rings. The molecule has 152 valence electrons. The Balaban J connectivity index is 1.54. The molecule has 5 heteroatoms. The molecule has 1 aromatic carbocycles. The molecule has 28 heavy (non-hydrogen) atoms. The molecule has 4 rings (SSSR count). The number of hydrogen-bond donors (Lipinski definition) is 0. The van der Waals surface area contributed by atoms with E-state index in [-0.39, 0.29) is 23.7 Å². The first-order valence-corrected chi connectivity index (χ1v) is 12.0. The number of carbonyl (C=O) groups excluding carboxylic acids is 2. The van der Waals surface area contributed by atoms with Crippen LogP contribution in [-0.2, 0) is 4.79 Å². The number of amides is 1. The van der Waals surface area contributed by atoms with Crippen LogP contribution in [0.25, 0.3) is 0 Å². The van der Waals surface area contributed by atoms with Crippen LogP contribution >= 0.6 is 11.8 Å². The second-order valence-electron chi connectivity index (χ2n) is 8.80. The van der Waals surface area contributed by atoms with Crippen molar-refractivity contribution < 1.29 is 9.59 Å². The van der Waals surface area contributed by atoms with E-state index in [1.807, 2.05) is 23.9 Å². The van der Waals surface area contributed by atoms with Gasteiger partial charge in [-0.05, 0) is 43.0 Å². The summed E-state index contributed by atoms with van der Waals surface area (Å²) in [7, 11) is 0. The maximum atomic E-state index is 13.6. The monoisotopic (exact) mass is 400 g/mol. The van der Waals surface area contributed by atoms with Crippen LogP contribution in [0.3, 0.4) is 0 Å². The van der Waals surface area contributed by atoms with Crippen molar-refractivity contribution in [1.82, 2.24) is 9.80 Å². The normalized spacial score (nSPS) is 26.0. The van der Waals surface area contributed by atoms with Crippen molar-refractivity contribution in [3.8, 4) is 0 Å².